The Balaban J connectivity index is 2.03. The van der Waals surface area contributed by atoms with Gasteiger partial charge in [-0.25, -0.2) is 0 Å². The molecule has 16 heavy (non-hydrogen) atoms. The second kappa shape index (κ2) is 8.43. The summed E-state index contributed by atoms with van der Waals surface area (Å²) < 4.78 is 14.7. The summed E-state index contributed by atoms with van der Waals surface area (Å²) in [5, 5.41) is 7.97. The quantitative estimate of drug-likeness (QED) is 0.674. The van der Waals surface area contributed by atoms with Crippen molar-refractivity contribution < 1.29 is 9.47 Å². The monoisotopic (exact) mass is 245 g/mol. The van der Waals surface area contributed by atoms with Crippen LogP contribution >= 0.6 is 11.5 Å². The average Bonchev–Trinajstić information content (AvgIpc) is 2.75. The minimum absolute atomic E-state index is 0.490. The van der Waals surface area contributed by atoms with E-state index < -0.39 is 0 Å². The lowest BCUT2D eigenvalue weighted by Crippen LogP contribution is -2.06. The first-order valence-corrected chi connectivity index (χ1v) is 6.30. The van der Waals surface area contributed by atoms with Gasteiger partial charge in [0.25, 0.3) is 0 Å². The first-order chi connectivity index (χ1) is 7.88. The number of hydrogen-bond donors (Lipinski definition) is 1. The van der Waals surface area contributed by atoms with Gasteiger partial charge in [0.1, 0.15) is 10.7 Å². The van der Waals surface area contributed by atoms with E-state index in [0.29, 0.717) is 19.8 Å². The van der Waals surface area contributed by atoms with E-state index in [0.717, 1.165) is 30.1 Å². The normalized spacial score (nSPS) is 10.6. The van der Waals surface area contributed by atoms with Crippen molar-refractivity contribution in [1.29, 1.82) is 0 Å². The van der Waals surface area contributed by atoms with Crippen LogP contribution in [-0.2, 0) is 16.1 Å². The molecule has 1 aromatic heterocycles. The van der Waals surface area contributed by atoms with Crippen molar-refractivity contribution >= 4 is 16.5 Å². The van der Waals surface area contributed by atoms with Gasteiger partial charge in [-0.2, -0.15) is 0 Å². The highest BCUT2D eigenvalue weighted by atomic mass is 32.1. The van der Waals surface area contributed by atoms with Gasteiger partial charge in [-0.1, -0.05) is 17.8 Å². The van der Waals surface area contributed by atoms with E-state index in [9.17, 15) is 0 Å². The molecule has 0 aromatic carbocycles. The number of aromatic nitrogens is 2. The Morgan fingerprint density at radius 1 is 1.25 bits per heavy atom. The average molecular weight is 245 g/mol. The highest BCUT2D eigenvalue weighted by molar-refractivity contribution is 7.10. The lowest BCUT2D eigenvalue weighted by atomic mass is 10.4. The van der Waals surface area contributed by atoms with E-state index in [-0.39, 0.29) is 0 Å². The minimum Gasteiger partial charge on any atom is -0.379 e. The summed E-state index contributed by atoms with van der Waals surface area (Å²) in [5.74, 6) is 0. The number of ether oxygens (including phenoxy) is 2. The van der Waals surface area contributed by atoms with E-state index >= 15 is 0 Å². The number of anilines is 1. The Labute approximate surface area is 100 Å². The van der Waals surface area contributed by atoms with Crippen LogP contribution in [0, 0.1) is 0 Å². The molecule has 0 saturated carbocycles. The van der Waals surface area contributed by atoms with Gasteiger partial charge in [0.05, 0.1) is 19.8 Å². The molecule has 0 atom stereocenters. The summed E-state index contributed by atoms with van der Waals surface area (Å²) in [5.41, 5.74) is 0.862. The van der Waals surface area contributed by atoms with Gasteiger partial charge < -0.3 is 14.8 Å². The molecule has 0 saturated heterocycles. The van der Waals surface area contributed by atoms with Crippen LogP contribution in [0.1, 0.15) is 25.5 Å². The van der Waals surface area contributed by atoms with E-state index in [2.05, 4.69) is 21.8 Å². The molecule has 0 aliphatic rings. The lowest BCUT2D eigenvalue weighted by Gasteiger charge is -2.04. The Morgan fingerprint density at radius 3 is 2.81 bits per heavy atom. The summed E-state index contributed by atoms with van der Waals surface area (Å²) >= 11 is 1.34. The zero-order chi connectivity index (χ0) is 11.6. The fourth-order valence-corrected chi connectivity index (χ4v) is 1.65. The minimum atomic E-state index is 0.490. The second-order valence-corrected chi connectivity index (χ2v) is 4.07. The first-order valence-electron chi connectivity index (χ1n) is 5.53. The Morgan fingerprint density at radius 2 is 2.06 bits per heavy atom. The van der Waals surface area contributed by atoms with Crippen LogP contribution < -0.4 is 5.32 Å². The predicted octanol–water partition coefficient (Wildman–Crippen LogP) is 1.91. The number of unbranched alkanes of at least 4 members (excludes halogenated alkanes) is 1. The van der Waals surface area contributed by atoms with Crippen LogP contribution in [0.4, 0.5) is 5.00 Å². The number of hydrogen-bond acceptors (Lipinski definition) is 6. The van der Waals surface area contributed by atoms with E-state index in [1.807, 2.05) is 7.05 Å². The first kappa shape index (κ1) is 13.3. The molecule has 1 aromatic rings. The topological polar surface area (TPSA) is 56.3 Å². The highest BCUT2D eigenvalue weighted by Gasteiger charge is 2.05. The van der Waals surface area contributed by atoms with Gasteiger partial charge in [0, 0.05) is 25.2 Å². The third kappa shape index (κ3) is 4.87. The standard InChI is InChI=1S/C10H19N3O2S/c1-3-4-5-14-6-7-15-8-9-10(11-2)16-13-12-9/h11H,3-8H2,1-2H3. The SMILES string of the molecule is CCCCOCCOCc1nnsc1NC. The van der Waals surface area contributed by atoms with Crippen molar-refractivity contribution in [3.05, 3.63) is 5.69 Å². The van der Waals surface area contributed by atoms with Gasteiger partial charge in [0.15, 0.2) is 0 Å². The predicted molar refractivity (Wildman–Crippen MR) is 64.8 cm³/mol. The number of rotatable bonds is 9. The van der Waals surface area contributed by atoms with Crippen molar-refractivity contribution in [2.45, 2.75) is 26.4 Å². The molecule has 0 aliphatic heterocycles. The summed E-state index contributed by atoms with van der Waals surface area (Å²) in [4.78, 5) is 0. The lowest BCUT2D eigenvalue weighted by molar-refractivity contribution is 0.0387. The van der Waals surface area contributed by atoms with Crippen LogP contribution in [0.15, 0.2) is 0 Å². The molecular formula is C10H19N3O2S. The molecule has 0 fully saturated rings. The molecule has 6 heteroatoms. The molecule has 0 spiro atoms. The van der Waals surface area contributed by atoms with Crippen molar-refractivity contribution in [3.63, 3.8) is 0 Å². The Hall–Kier alpha value is -0.720. The van der Waals surface area contributed by atoms with Gasteiger partial charge in [-0.3, -0.25) is 0 Å². The van der Waals surface area contributed by atoms with Crippen molar-refractivity contribution in [1.82, 2.24) is 9.59 Å². The smallest absolute Gasteiger partial charge is 0.135 e. The summed E-state index contributed by atoms with van der Waals surface area (Å²) in [6, 6.07) is 0. The van der Waals surface area contributed by atoms with Gasteiger partial charge in [-0.05, 0) is 6.42 Å². The number of nitrogens with zero attached hydrogens (tertiary/aromatic N) is 2. The zero-order valence-corrected chi connectivity index (χ0v) is 10.7. The molecule has 0 aliphatic carbocycles. The van der Waals surface area contributed by atoms with Crippen molar-refractivity contribution in [3.8, 4) is 0 Å². The highest BCUT2D eigenvalue weighted by Crippen LogP contribution is 2.16. The molecule has 0 radical (unpaired) electrons. The maximum Gasteiger partial charge on any atom is 0.135 e. The summed E-state index contributed by atoms with van der Waals surface area (Å²) in [6.07, 6.45) is 2.27. The van der Waals surface area contributed by atoms with Crippen LogP contribution in [0.5, 0.6) is 0 Å². The van der Waals surface area contributed by atoms with Gasteiger partial charge in [0.2, 0.25) is 0 Å². The van der Waals surface area contributed by atoms with Crippen molar-refractivity contribution in [2.24, 2.45) is 0 Å². The molecule has 0 bridgehead atoms. The molecule has 5 nitrogen and oxygen atoms in total. The zero-order valence-electron chi connectivity index (χ0n) is 9.86. The summed E-state index contributed by atoms with van der Waals surface area (Å²) in [7, 11) is 1.85. The largest absolute Gasteiger partial charge is 0.379 e. The van der Waals surface area contributed by atoms with E-state index in [4.69, 9.17) is 9.47 Å². The van der Waals surface area contributed by atoms with Crippen LogP contribution in [0.25, 0.3) is 0 Å². The molecule has 0 unspecified atom stereocenters. The molecular weight excluding hydrogens is 226 g/mol. The molecule has 1 N–H and O–H groups in total. The van der Waals surface area contributed by atoms with Crippen LogP contribution in [0.3, 0.4) is 0 Å². The molecule has 0 amide bonds. The number of nitrogens with one attached hydrogen (secondary N) is 1. The fraction of sp³-hybridized carbons (Fsp3) is 0.800. The molecule has 92 valence electrons. The van der Waals surface area contributed by atoms with E-state index in [1.165, 1.54) is 11.5 Å². The molecule has 1 rings (SSSR count). The Bertz CT molecular complexity index is 281. The van der Waals surface area contributed by atoms with Gasteiger partial charge >= 0.3 is 0 Å². The second-order valence-electron chi connectivity index (χ2n) is 3.32. The summed E-state index contributed by atoms with van der Waals surface area (Å²) in [6.45, 7) is 4.70. The maximum atomic E-state index is 5.44. The third-order valence-corrected chi connectivity index (χ3v) is 2.82. The van der Waals surface area contributed by atoms with Crippen LogP contribution in [-0.4, -0.2) is 36.5 Å². The van der Waals surface area contributed by atoms with E-state index in [1.54, 1.807) is 0 Å². The van der Waals surface area contributed by atoms with Crippen LogP contribution in [0.2, 0.25) is 0 Å². The fourth-order valence-electron chi connectivity index (χ4n) is 1.13. The van der Waals surface area contributed by atoms with Crippen molar-refractivity contribution in [2.75, 3.05) is 32.2 Å². The third-order valence-electron chi connectivity index (χ3n) is 2.04. The maximum absolute atomic E-state index is 5.44. The Kier molecular flexibility index (Phi) is 7.03. The van der Waals surface area contributed by atoms with Gasteiger partial charge in [-0.15, -0.1) is 5.10 Å². The molecule has 1 heterocycles.